The summed E-state index contributed by atoms with van der Waals surface area (Å²) in [6, 6.07) is 0. The van der Waals surface area contributed by atoms with Gasteiger partial charge in [-0.1, -0.05) is 6.08 Å². The molecule has 1 aromatic heterocycles. The second-order valence-electron chi connectivity index (χ2n) is 3.56. The number of hydrogen-bond donors (Lipinski definition) is 2. The highest BCUT2D eigenvalue weighted by Gasteiger charge is 2.06. The second kappa shape index (κ2) is 8.19. The molecule has 0 aliphatic carbocycles. The number of rotatable bonds is 8. The molecular weight excluding hydrogens is 232 g/mol. The lowest BCUT2D eigenvalue weighted by Crippen LogP contribution is -2.24. The summed E-state index contributed by atoms with van der Waals surface area (Å²) in [7, 11) is 1.66. The molecule has 0 unspecified atom stereocenters. The van der Waals surface area contributed by atoms with Crippen LogP contribution in [0.2, 0.25) is 0 Å². The second-order valence-corrected chi connectivity index (χ2v) is 3.56. The van der Waals surface area contributed by atoms with E-state index >= 15 is 0 Å². The van der Waals surface area contributed by atoms with Crippen molar-refractivity contribution in [3.05, 3.63) is 30.7 Å². The van der Waals surface area contributed by atoms with Crippen LogP contribution in [-0.2, 0) is 4.74 Å². The fraction of sp³-hybridized carbons (Fsp3) is 0.417. The van der Waals surface area contributed by atoms with Crippen LogP contribution in [0.3, 0.4) is 0 Å². The van der Waals surface area contributed by atoms with Crippen molar-refractivity contribution in [2.45, 2.75) is 6.42 Å². The zero-order valence-electron chi connectivity index (χ0n) is 10.5. The summed E-state index contributed by atoms with van der Waals surface area (Å²) in [5.74, 6) is 0.389. The average Bonchev–Trinajstić information content (AvgIpc) is 2.41. The lowest BCUT2D eigenvalue weighted by Gasteiger charge is -2.05. The van der Waals surface area contributed by atoms with Crippen molar-refractivity contribution in [3.8, 4) is 0 Å². The molecule has 0 saturated carbocycles. The highest BCUT2D eigenvalue weighted by atomic mass is 16.5. The Labute approximate surface area is 106 Å². The van der Waals surface area contributed by atoms with Crippen molar-refractivity contribution < 1.29 is 9.53 Å². The van der Waals surface area contributed by atoms with E-state index < -0.39 is 0 Å². The van der Waals surface area contributed by atoms with Gasteiger partial charge in [0.1, 0.15) is 11.5 Å². The van der Waals surface area contributed by atoms with E-state index in [1.165, 1.54) is 12.4 Å². The van der Waals surface area contributed by atoms with Gasteiger partial charge in [0.2, 0.25) is 0 Å². The van der Waals surface area contributed by atoms with Crippen LogP contribution in [0.25, 0.3) is 0 Å². The van der Waals surface area contributed by atoms with Crippen molar-refractivity contribution in [2.75, 3.05) is 32.1 Å². The predicted molar refractivity (Wildman–Crippen MR) is 69.5 cm³/mol. The fourth-order valence-corrected chi connectivity index (χ4v) is 1.22. The zero-order chi connectivity index (χ0) is 13.2. The lowest BCUT2D eigenvalue weighted by molar-refractivity contribution is 0.0952. The van der Waals surface area contributed by atoms with Crippen LogP contribution in [0.4, 0.5) is 5.82 Å². The Bertz CT molecular complexity index is 378. The van der Waals surface area contributed by atoms with Gasteiger partial charge in [0.15, 0.2) is 0 Å². The Morgan fingerprint density at radius 2 is 2.33 bits per heavy atom. The molecule has 1 aromatic rings. The molecule has 6 nitrogen and oxygen atoms in total. The molecule has 6 heteroatoms. The lowest BCUT2D eigenvalue weighted by atomic mass is 10.4. The zero-order valence-corrected chi connectivity index (χ0v) is 10.5. The summed E-state index contributed by atoms with van der Waals surface area (Å²) in [6.07, 6.45) is 5.48. The standard InChI is InChI=1S/C12H18N4O2/c1-3-5-14-12(17)10-8-16-11(9-15-10)13-6-4-7-18-2/h3,8-9H,1,4-7H2,2H3,(H,13,16)(H,14,17). The van der Waals surface area contributed by atoms with Gasteiger partial charge in [0.25, 0.3) is 5.91 Å². The van der Waals surface area contributed by atoms with E-state index in [4.69, 9.17) is 4.74 Å². The molecule has 98 valence electrons. The number of carbonyl (C=O) groups excluding carboxylic acids is 1. The quantitative estimate of drug-likeness (QED) is 0.528. The molecule has 0 spiro atoms. The molecule has 1 rings (SSSR count). The smallest absolute Gasteiger partial charge is 0.271 e. The van der Waals surface area contributed by atoms with Crippen LogP contribution < -0.4 is 10.6 Å². The van der Waals surface area contributed by atoms with Crippen molar-refractivity contribution in [1.82, 2.24) is 15.3 Å². The number of carbonyl (C=O) groups is 1. The molecule has 0 atom stereocenters. The Kier molecular flexibility index (Phi) is 6.42. The molecule has 1 amide bonds. The number of hydrogen-bond acceptors (Lipinski definition) is 5. The third-order valence-corrected chi connectivity index (χ3v) is 2.12. The first-order valence-electron chi connectivity index (χ1n) is 5.72. The largest absolute Gasteiger partial charge is 0.385 e. The summed E-state index contributed by atoms with van der Waals surface area (Å²) in [5, 5.41) is 5.72. The van der Waals surface area contributed by atoms with Crippen LogP contribution in [0.1, 0.15) is 16.9 Å². The van der Waals surface area contributed by atoms with Gasteiger partial charge in [-0.05, 0) is 6.42 Å². The minimum Gasteiger partial charge on any atom is -0.385 e. The first-order valence-corrected chi connectivity index (χ1v) is 5.72. The van der Waals surface area contributed by atoms with Crippen LogP contribution in [0.15, 0.2) is 25.0 Å². The Hall–Kier alpha value is -1.95. The third kappa shape index (κ3) is 4.92. The predicted octanol–water partition coefficient (Wildman–Crippen LogP) is 0.841. The van der Waals surface area contributed by atoms with E-state index in [2.05, 4.69) is 27.2 Å². The molecular formula is C12H18N4O2. The number of aromatic nitrogens is 2. The molecule has 1 heterocycles. The SMILES string of the molecule is C=CCNC(=O)c1cnc(NCCCOC)cn1. The van der Waals surface area contributed by atoms with Gasteiger partial charge >= 0.3 is 0 Å². The number of methoxy groups -OCH3 is 1. The van der Waals surface area contributed by atoms with Gasteiger partial charge in [-0.15, -0.1) is 6.58 Å². The average molecular weight is 250 g/mol. The summed E-state index contributed by atoms with van der Waals surface area (Å²) >= 11 is 0. The van der Waals surface area contributed by atoms with Gasteiger partial charge in [0, 0.05) is 26.8 Å². The highest BCUT2D eigenvalue weighted by molar-refractivity contribution is 5.92. The Morgan fingerprint density at radius 1 is 1.50 bits per heavy atom. The third-order valence-electron chi connectivity index (χ3n) is 2.12. The number of ether oxygens (including phenoxy) is 1. The van der Waals surface area contributed by atoms with Crippen LogP contribution in [0, 0.1) is 0 Å². The van der Waals surface area contributed by atoms with E-state index in [0.29, 0.717) is 24.7 Å². The summed E-state index contributed by atoms with van der Waals surface area (Å²) < 4.78 is 4.93. The molecule has 0 saturated heterocycles. The molecule has 0 aliphatic heterocycles. The topological polar surface area (TPSA) is 76.1 Å². The van der Waals surface area contributed by atoms with Gasteiger partial charge in [-0.3, -0.25) is 4.79 Å². The summed E-state index contributed by atoms with van der Waals surface area (Å²) in [6.45, 7) is 5.38. The molecule has 2 N–H and O–H groups in total. The number of amides is 1. The van der Waals surface area contributed by atoms with Crippen LogP contribution in [-0.4, -0.2) is 42.7 Å². The Morgan fingerprint density at radius 3 is 2.94 bits per heavy atom. The fourth-order valence-electron chi connectivity index (χ4n) is 1.22. The summed E-state index contributed by atoms with van der Waals surface area (Å²) in [5.41, 5.74) is 0.291. The Balaban J connectivity index is 2.41. The van der Waals surface area contributed by atoms with Crippen LogP contribution in [0.5, 0.6) is 0 Å². The van der Waals surface area contributed by atoms with Gasteiger partial charge in [-0.25, -0.2) is 9.97 Å². The maximum absolute atomic E-state index is 11.5. The normalized spacial score (nSPS) is 9.83. The van der Waals surface area contributed by atoms with Crippen molar-refractivity contribution in [3.63, 3.8) is 0 Å². The first-order chi connectivity index (χ1) is 8.77. The van der Waals surface area contributed by atoms with Crippen molar-refractivity contribution in [2.24, 2.45) is 0 Å². The maximum Gasteiger partial charge on any atom is 0.271 e. The minimum absolute atomic E-state index is 0.256. The molecule has 0 aliphatic rings. The molecule has 0 bridgehead atoms. The maximum atomic E-state index is 11.5. The van der Waals surface area contributed by atoms with Gasteiger partial charge < -0.3 is 15.4 Å². The number of nitrogens with one attached hydrogen (secondary N) is 2. The van der Waals surface area contributed by atoms with E-state index in [1.54, 1.807) is 13.2 Å². The van der Waals surface area contributed by atoms with Gasteiger partial charge in [0.05, 0.1) is 12.4 Å². The monoisotopic (exact) mass is 250 g/mol. The first kappa shape index (κ1) is 14.1. The molecule has 18 heavy (non-hydrogen) atoms. The molecule has 0 fully saturated rings. The number of anilines is 1. The van der Waals surface area contributed by atoms with Gasteiger partial charge in [-0.2, -0.15) is 0 Å². The summed E-state index contributed by atoms with van der Waals surface area (Å²) in [4.78, 5) is 19.6. The van der Waals surface area contributed by atoms with Crippen molar-refractivity contribution in [1.29, 1.82) is 0 Å². The molecule has 0 radical (unpaired) electrons. The van der Waals surface area contributed by atoms with E-state index in [1.807, 2.05) is 0 Å². The number of nitrogens with zero attached hydrogens (tertiary/aromatic N) is 2. The van der Waals surface area contributed by atoms with E-state index in [0.717, 1.165) is 13.0 Å². The van der Waals surface area contributed by atoms with Crippen molar-refractivity contribution >= 4 is 11.7 Å². The minimum atomic E-state index is -0.256. The highest BCUT2D eigenvalue weighted by Crippen LogP contribution is 2.01. The van der Waals surface area contributed by atoms with E-state index in [9.17, 15) is 4.79 Å². The van der Waals surface area contributed by atoms with E-state index in [-0.39, 0.29) is 5.91 Å². The molecule has 0 aromatic carbocycles. The van der Waals surface area contributed by atoms with Crippen LogP contribution >= 0.6 is 0 Å².